The van der Waals surface area contributed by atoms with E-state index in [1.165, 1.54) is 38.5 Å². The van der Waals surface area contributed by atoms with E-state index in [4.69, 9.17) is 0 Å². The Kier molecular flexibility index (Phi) is 5.88. The molecule has 2 atom stereocenters. The van der Waals surface area contributed by atoms with Crippen LogP contribution in [-0.2, 0) is 4.79 Å². The molecular formula is C17H32N2O. The van der Waals surface area contributed by atoms with Gasteiger partial charge >= 0.3 is 0 Å². The number of hydrogen-bond donors (Lipinski definition) is 1. The van der Waals surface area contributed by atoms with Gasteiger partial charge in [-0.2, -0.15) is 0 Å². The van der Waals surface area contributed by atoms with Gasteiger partial charge in [0.25, 0.3) is 0 Å². The summed E-state index contributed by atoms with van der Waals surface area (Å²) in [6.07, 6.45) is 10.1. The lowest BCUT2D eigenvalue weighted by molar-refractivity contribution is -0.123. The van der Waals surface area contributed by atoms with Gasteiger partial charge in [0.15, 0.2) is 0 Å². The molecule has 0 bridgehead atoms. The predicted octanol–water partition coefficient (Wildman–Crippen LogP) is 3.19. The predicted molar refractivity (Wildman–Crippen MR) is 83.6 cm³/mol. The van der Waals surface area contributed by atoms with Crippen molar-refractivity contribution in [1.82, 2.24) is 10.2 Å². The molecule has 0 aromatic rings. The van der Waals surface area contributed by atoms with Crippen LogP contribution in [-0.4, -0.2) is 36.5 Å². The van der Waals surface area contributed by atoms with E-state index in [1.807, 2.05) is 0 Å². The number of carbonyl (C=O) groups excluding carboxylic acids is 1. The van der Waals surface area contributed by atoms with Crippen molar-refractivity contribution < 1.29 is 4.79 Å². The lowest BCUT2D eigenvalue weighted by Crippen LogP contribution is -2.47. The number of amides is 1. The zero-order valence-electron chi connectivity index (χ0n) is 13.5. The van der Waals surface area contributed by atoms with Crippen molar-refractivity contribution in [2.45, 2.75) is 77.3 Å². The maximum Gasteiger partial charge on any atom is 0.234 e. The molecule has 0 aliphatic heterocycles. The quantitative estimate of drug-likeness (QED) is 0.857. The Bertz CT molecular complexity index is 310. The molecule has 0 spiro atoms. The van der Waals surface area contributed by atoms with Crippen molar-refractivity contribution in [3.8, 4) is 0 Å². The normalized spacial score (nSPS) is 35.0. The van der Waals surface area contributed by atoms with Gasteiger partial charge in [0.05, 0.1) is 6.54 Å². The van der Waals surface area contributed by atoms with Crippen molar-refractivity contribution in [3.05, 3.63) is 0 Å². The first kappa shape index (κ1) is 15.8. The fourth-order valence-corrected chi connectivity index (χ4v) is 3.97. The molecule has 2 saturated carbocycles. The fraction of sp³-hybridized carbons (Fsp3) is 0.941. The van der Waals surface area contributed by atoms with Crippen LogP contribution in [0.1, 0.15) is 65.2 Å². The van der Waals surface area contributed by atoms with Crippen molar-refractivity contribution in [3.63, 3.8) is 0 Å². The van der Waals surface area contributed by atoms with Gasteiger partial charge in [-0.05, 0) is 57.4 Å². The summed E-state index contributed by atoms with van der Waals surface area (Å²) in [4.78, 5) is 14.5. The summed E-state index contributed by atoms with van der Waals surface area (Å²) in [6, 6.07) is 1.02. The van der Waals surface area contributed by atoms with Crippen LogP contribution < -0.4 is 5.32 Å². The van der Waals surface area contributed by atoms with Crippen LogP contribution in [0, 0.1) is 11.8 Å². The third-order valence-corrected chi connectivity index (χ3v) is 5.41. The van der Waals surface area contributed by atoms with Crippen LogP contribution in [0.25, 0.3) is 0 Å². The highest BCUT2D eigenvalue weighted by Crippen LogP contribution is 2.27. The summed E-state index contributed by atoms with van der Waals surface area (Å²) in [5, 5.41) is 3.24. The van der Waals surface area contributed by atoms with E-state index in [9.17, 15) is 4.79 Å². The van der Waals surface area contributed by atoms with E-state index in [-0.39, 0.29) is 5.91 Å². The Balaban J connectivity index is 1.73. The molecule has 20 heavy (non-hydrogen) atoms. The minimum atomic E-state index is 0.227. The van der Waals surface area contributed by atoms with E-state index in [1.54, 1.807) is 0 Å². The number of likely N-dealkylation sites (N-methyl/N-ethyl adjacent to an activating group) is 1. The van der Waals surface area contributed by atoms with E-state index in [2.05, 4.69) is 31.1 Å². The van der Waals surface area contributed by atoms with Crippen molar-refractivity contribution in [2.24, 2.45) is 11.8 Å². The van der Waals surface area contributed by atoms with E-state index in [0.717, 1.165) is 24.7 Å². The first-order valence-corrected chi connectivity index (χ1v) is 8.56. The van der Waals surface area contributed by atoms with Gasteiger partial charge in [-0.3, -0.25) is 9.69 Å². The second kappa shape index (κ2) is 7.44. The van der Waals surface area contributed by atoms with Gasteiger partial charge in [-0.15, -0.1) is 0 Å². The third-order valence-electron chi connectivity index (χ3n) is 5.41. The van der Waals surface area contributed by atoms with Crippen LogP contribution >= 0.6 is 0 Å². The van der Waals surface area contributed by atoms with Gasteiger partial charge in [-0.1, -0.05) is 26.7 Å². The fourth-order valence-electron chi connectivity index (χ4n) is 3.97. The zero-order chi connectivity index (χ0) is 14.5. The number of rotatable bonds is 4. The molecule has 0 heterocycles. The molecule has 3 nitrogen and oxygen atoms in total. The van der Waals surface area contributed by atoms with E-state index >= 15 is 0 Å². The molecule has 2 unspecified atom stereocenters. The molecule has 3 heteroatoms. The van der Waals surface area contributed by atoms with Crippen LogP contribution in [0.4, 0.5) is 0 Å². The van der Waals surface area contributed by atoms with Gasteiger partial charge in [0, 0.05) is 12.1 Å². The summed E-state index contributed by atoms with van der Waals surface area (Å²) >= 11 is 0. The second-order valence-corrected chi connectivity index (χ2v) is 7.27. The second-order valence-electron chi connectivity index (χ2n) is 7.27. The highest BCUT2D eigenvalue weighted by molar-refractivity contribution is 5.78. The standard InChI is InChI=1S/C17H32N2O/c1-13-8-10-15(11-9-13)18-17(20)12-19(3)16-7-5-4-6-14(16)2/h13-16H,4-12H2,1-3H3,(H,18,20). The first-order chi connectivity index (χ1) is 9.56. The van der Waals surface area contributed by atoms with E-state index < -0.39 is 0 Å². The molecule has 1 amide bonds. The average molecular weight is 280 g/mol. The number of nitrogens with zero attached hydrogens (tertiary/aromatic N) is 1. The SMILES string of the molecule is CC1CCC(NC(=O)CN(C)C2CCCCC2C)CC1. The van der Waals surface area contributed by atoms with Gasteiger partial charge in [0.1, 0.15) is 0 Å². The summed E-state index contributed by atoms with van der Waals surface area (Å²) in [7, 11) is 2.12. The molecule has 0 aromatic heterocycles. The maximum absolute atomic E-state index is 12.2. The smallest absolute Gasteiger partial charge is 0.234 e. The molecule has 0 saturated heterocycles. The van der Waals surface area contributed by atoms with Gasteiger partial charge in [-0.25, -0.2) is 0 Å². The number of carbonyl (C=O) groups is 1. The Morgan fingerprint density at radius 3 is 2.35 bits per heavy atom. The Labute approximate surface area is 124 Å². The minimum Gasteiger partial charge on any atom is -0.352 e. The lowest BCUT2D eigenvalue weighted by Gasteiger charge is -2.36. The summed E-state index contributed by atoms with van der Waals surface area (Å²) in [5.74, 6) is 1.80. The largest absolute Gasteiger partial charge is 0.352 e. The number of nitrogens with one attached hydrogen (secondary N) is 1. The van der Waals surface area contributed by atoms with Crippen molar-refractivity contribution in [2.75, 3.05) is 13.6 Å². The summed E-state index contributed by atoms with van der Waals surface area (Å²) in [5.41, 5.74) is 0. The summed E-state index contributed by atoms with van der Waals surface area (Å²) in [6.45, 7) is 5.22. The highest BCUT2D eigenvalue weighted by atomic mass is 16.2. The topological polar surface area (TPSA) is 32.3 Å². The van der Waals surface area contributed by atoms with Crippen LogP contribution in [0.15, 0.2) is 0 Å². The van der Waals surface area contributed by atoms with Gasteiger partial charge < -0.3 is 5.32 Å². The molecule has 1 N–H and O–H groups in total. The average Bonchev–Trinajstić information content (AvgIpc) is 2.41. The Morgan fingerprint density at radius 1 is 1.05 bits per heavy atom. The Hall–Kier alpha value is -0.570. The zero-order valence-corrected chi connectivity index (χ0v) is 13.5. The molecule has 0 radical (unpaired) electrons. The van der Waals surface area contributed by atoms with Crippen molar-refractivity contribution in [1.29, 1.82) is 0 Å². The first-order valence-electron chi connectivity index (χ1n) is 8.56. The molecule has 2 fully saturated rings. The lowest BCUT2D eigenvalue weighted by atomic mass is 9.85. The van der Waals surface area contributed by atoms with Crippen LogP contribution in [0.3, 0.4) is 0 Å². The molecule has 2 rings (SSSR count). The van der Waals surface area contributed by atoms with Crippen LogP contribution in [0.2, 0.25) is 0 Å². The summed E-state index contributed by atoms with van der Waals surface area (Å²) < 4.78 is 0. The Morgan fingerprint density at radius 2 is 1.70 bits per heavy atom. The third kappa shape index (κ3) is 4.47. The highest BCUT2D eigenvalue weighted by Gasteiger charge is 2.27. The molecule has 2 aliphatic rings. The van der Waals surface area contributed by atoms with Crippen molar-refractivity contribution >= 4 is 5.91 Å². The molecule has 116 valence electrons. The molecule has 2 aliphatic carbocycles. The van der Waals surface area contributed by atoms with E-state index in [0.29, 0.717) is 18.6 Å². The minimum absolute atomic E-state index is 0.227. The number of hydrogen-bond acceptors (Lipinski definition) is 2. The molecular weight excluding hydrogens is 248 g/mol. The maximum atomic E-state index is 12.2. The van der Waals surface area contributed by atoms with Crippen LogP contribution in [0.5, 0.6) is 0 Å². The van der Waals surface area contributed by atoms with Gasteiger partial charge in [0.2, 0.25) is 5.91 Å². The molecule has 0 aromatic carbocycles. The monoisotopic (exact) mass is 280 g/mol.